The van der Waals surface area contributed by atoms with Crippen LogP contribution in [0.15, 0.2) is 150 Å². The quantitative estimate of drug-likeness (QED) is 0.210. The normalized spacial score (nSPS) is 12.0. The van der Waals surface area contributed by atoms with Crippen LogP contribution in [0.25, 0.3) is 88.4 Å². The van der Waals surface area contributed by atoms with Crippen molar-refractivity contribution in [1.82, 2.24) is 19.1 Å². The fourth-order valence-corrected chi connectivity index (χ4v) is 7.06. The average molecular weight is 577 g/mol. The molecule has 0 saturated heterocycles. The molecule has 5 nitrogen and oxygen atoms in total. The molecule has 4 heterocycles. The van der Waals surface area contributed by atoms with Crippen molar-refractivity contribution in [2.45, 2.75) is 0 Å². The highest BCUT2D eigenvalue weighted by molar-refractivity contribution is 6.11. The molecule has 10 aromatic rings. The predicted molar refractivity (Wildman–Crippen MR) is 183 cm³/mol. The van der Waals surface area contributed by atoms with Crippen LogP contribution in [-0.2, 0) is 0 Å². The molecule has 0 unspecified atom stereocenters. The molecule has 10 rings (SSSR count). The molecule has 0 amide bonds. The van der Waals surface area contributed by atoms with Crippen molar-refractivity contribution in [3.63, 3.8) is 0 Å². The second-order valence-corrected chi connectivity index (χ2v) is 11.4. The standard InChI is InChI=1S/C40H24N4O/c1-5-15-32-27(11-1)28-12-2-6-16-33(28)43(32)26-20-21-36(44-34-17-7-3-13-29(34)30-14-4-8-18-35(30)44)31(24-26)40-42-39-37(45-40)22-19-25-10-9-23-41-38(25)39/h1-24H. The van der Waals surface area contributed by atoms with E-state index < -0.39 is 0 Å². The average Bonchev–Trinajstić information content (AvgIpc) is 3.79. The molecule has 0 bridgehead atoms. The zero-order valence-corrected chi connectivity index (χ0v) is 24.1. The van der Waals surface area contributed by atoms with Gasteiger partial charge in [0.1, 0.15) is 5.52 Å². The van der Waals surface area contributed by atoms with Gasteiger partial charge in [-0.2, -0.15) is 0 Å². The van der Waals surface area contributed by atoms with E-state index in [1.165, 1.54) is 21.5 Å². The lowest BCUT2D eigenvalue weighted by Gasteiger charge is -2.15. The molecule has 210 valence electrons. The number of benzene rings is 6. The van der Waals surface area contributed by atoms with Crippen molar-refractivity contribution in [2.75, 3.05) is 0 Å². The van der Waals surface area contributed by atoms with Crippen molar-refractivity contribution in [1.29, 1.82) is 0 Å². The maximum absolute atomic E-state index is 6.60. The molecular weight excluding hydrogens is 552 g/mol. The van der Waals surface area contributed by atoms with Crippen LogP contribution in [0.1, 0.15) is 0 Å². The van der Waals surface area contributed by atoms with Crippen molar-refractivity contribution in [2.24, 2.45) is 0 Å². The molecule has 0 N–H and O–H groups in total. The second kappa shape index (κ2) is 9.15. The molecule has 0 aliphatic heterocycles. The monoisotopic (exact) mass is 576 g/mol. The lowest BCUT2D eigenvalue weighted by atomic mass is 10.1. The van der Waals surface area contributed by atoms with Crippen LogP contribution in [0.2, 0.25) is 0 Å². The van der Waals surface area contributed by atoms with Gasteiger partial charge in [-0.25, -0.2) is 4.98 Å². The first-order valence-corrected chi connectivity index (χ1v) is 15.1. The summed E-state index contributed by atoms with van der Waals surface area (Å²) in [5.41, 5.74) is 9.83. The summed E-state index contributed by atoms with van der Waals surface area (Å²) in [5.74, 6) is 0.558. The van der Waals surface area contributed by atoms with Crippen molar-refractivity contribution in [3.05, 3.63) is 146 Å². The minimum absolute atomic E-state index is 0.558. The number of oxazole rings is 1. The Bertz CT molecular complexity index is 2670. The molecule has 45 heavy (non-hydrogen) atoms. The fourth-order valence-electron chi connectivity index (χ4n) is 7.06. The molecule has 0 saturated carbocycles. The summed E-state index contributed by atoms with van der Waals surface area (Å²) in [7, 11) is 0. The maximum Gasteiger partial charge on any atom is 0.229 e. The maximum atomic E-state index is 6.60. The smallest absolute Gasteiger partial charge is 0.229 e. The number of para-hydroxylation sites is 4. The third-order valence-corrected chi connectivity index (χ3v) is 9.00. The molecule has 0 atom stereocenters. The number of hydrogen-bond donors (Lipinski definition) is 0. The van der Waals surface area contributed by atoms with Gasteiger partial charge in [-0.05, 0) is 60.7 Å². The van der Waals surface area contributed by atoms with Gasteiger partial charge in [-0.3, -0.25) is 4.98 Å². The van der Waals surface area contributed by atoms with Gasteiger partial charge in [0.25, 0.3) is 0 Å². The van der Waals surface area contributed by atoms with Crippen LogP contribution in [0.3, 0.4) is 0 Å². The lowest BCUT2D eigenvalue weighted by Crippen LogP contribution is -2.01. The number of pyridine rings is 1. The molecule has 6 aromatic carbocycles. The fraction of sp³-hybridized carbons (Fsp3) is 0. The van der Waals surface area contributed by atoms with E-state index in [1.807, 2.05) is 24.4 Å². The Morgan fingerprint density at radius 2 is 1.07 bits per heavy atom. The summed E-state index contributed by atoms with van der Waals surface area (Å²) in [5, 5.41) is 5.89. The molecule has 4 aromatic heterocycles. The number of nitrogens with zero attached hydrogens (tertiary/aromatic N) is 4. The summed E-state index contributed by atoms with van der Waals surface area (Å²) in [6.45, 7) is 0. The van der Waals surface area contributed by atoms with E-state index in [9.17, 15) is 0 Å². The summed E-state index contributed by atoms with van der Waals surface area (Å²) in [6.07, 6.45) is 1.81. The lowest BCUT2D eigenvalue weighted by molar-refractivity contribution is 0.619. The van der Waals surface area contributed by atoms with Gasteiger partial charge in [0, 0.05) is 38.8 Å². The number of aromatic nitrogens is 4. The molecule has 0 aliphatic carbocycles. The van der Waals surface area contributed by atoms with Gasteiger partial charge >= 0.3 is 0 Å². The van der Waals surface area contributed by atoms with Gasteiger partial charge in [0.2, 0.25) is 5.89 Å². The Morgan fingerprint density at radius 1 is 0.489 bits per heavy atom. The minimum Gasteiger partial charge on any atom is -0.436 e. The topological polar surface area (TPSA) is 48.8 Å². The third kappa shape index (κ3) is 3.43. The highest BCUT2D eigenvalue weighted by Gasteiger charge is 2.21. The van der Waals surface area contributed by atoms with Crippen LogP contribution >= 0.6 is 0 Å². The van der Waals surface area contributed by atoms with Crippen LogP contribution < -0.4 is 0 Å². The van der Waals surface area contributed by atoms with Crippen LogP contribution in [0.4, 0.5) is 0 Å². The van der Waals surface area contributed by atoms with Gasteiger partial charge in [-0.15, -0.1) is 0 Å². The molecule has 0 fully saturated rings. The summed E-state index contributed by atoms with van der Waals surface area (Å²) in [4.78, 5) is 9.80. The van der Waals surface area contributed by atoms with E-state index in [2.05, 4.69) is 135 Å². The molecule has 0 spiro atoms. The highest BCUT2D eigenvalue weighted by atomic mass is 16.3. The van der Waals surface area contributed by atoms with Crippen molar-refractivity contribution in [3.8, 4) is 22.8 Å². The van der Waals surface area contributed by atoms with Crippen LogP contribution in [-0.4, -0.2) is 19.1 Å². The second-order valence-electron chi connectivity index (χ2n) is 11.4. The Balaban J connectivity index is 1.32. The van der Waals surface area contributed by atoms with E-state index in [0.29, 0.717) is 11.5 Å². The summed E-state index contributed by atoms with van der Waals surface area (Å²) < 4.78 is 11.3. The van der Waals surface area contributed by atoms with Crippen LogP contribution in [0.5, 0.6) is 0 Å². The number of fused-ring (bicyclic) bond motifs is 9. The van der Waals surface area contributed by atoms with Gasteiger partial charge < -0.3 is 13.6 Å². The first kappa shape index (κ1) is 24.3. The molecular formula is C40H24N4O. The van der Waals surface area contributed by atoms with E-state index in [1.54, 1.807) is 0 Å². The minimum atomic E-state index is 0.558. The predicted octanol–water partition coefficient (Wildman–Crippen LogP) is 10.2. The summed E-state index contributed by atoms with van der Waals surface area (Å²) in [6, 6.07) is 49.0. The first-order chi connectivity index (χ1) is 22.3. The Morgan fingerprint density at radius 3 is 1.69 bits per heavy atom. The van der Waals surface area contributed by atoms with E-state index >= 15 is 0 Å². The number of rotatable bonds is 3. The van der Waals surface area contributed by atoms with Gasteiger partial charge in [-0.1, -0.05) is 78.9 Å². The van der Waals surface area contributed by atoms with Crippen molar-refractivity contribution < 1.29 is 4.42 Å². The third-order valence-electron chi connectivity index (χ3n) is 9.00. The van der Waals surface area contributed by atoms with Crippen LogP contribution in [0, 0.1) is 0 Å². The Hall–Kier alpha value is -6.20. The summed E-state index contributed by atoms with van der Waals surface area (Å²) >= 11 is 0. The van der Waals surface area contributed by atoms with E-state index in [0.717, 1.165) is 55.4 Å². The van der Waals surface area contributed by atoms with E-state index in [4.69, 9.17) is 9.40 Å². The van der Waals surface area contributed by atoms with Crippen molar-refractivity contribution >= 4 is 65.6 Å². The molecule has 5 heteroatoms. The van der Waals surface area contributed by atoms with Gasteiger partial charge in [0.05, 0.1) is 38.8 Å². The van der Waals surface area contributed by atoms with Gasteiger partial charge in [0.15, 0.2) is 5.58 Å². The largest absolute Gasteiger partial charge is 0.436 e. The molecule has 0 aliphatic rings. The van der Waals surface area contributed by atoms with E-state index in [-0.39, 0.29) is 0 Å². The zero-order chi connectivity index (χ0) is 29.5. The highest BCUT2D eigenvalue weighted by Crippen LogP contribution is 2.40. The molecule has 0 radical (unpaired) electrons. The number of hydrogen-bond acceptors (Lipinski definition) is 3. The Labute approximate surface area is 257 Å². The Kier molecular flexibility index (Phi) is 4.93. The zero-order valence-electron chi connectivity index (χ0n) is 24.1. The SMILES string of the molecule is c1cnc2c(c1)ccc1oc(-c3cc(-n4c5ccccc5c5ccccc54)ccc3-n3c4ccccc4c4ccccc43)nc12. The first-order valence-electron chi connectivity index (χ1n) is 15.1.